The molecule has 1 aliphatic heterocycles. The number of benzene rings is 2. The molecule has 0 aliphatic carbocycles. The summed E-state index contributed by atoms with van der Waals surface area (Å²) in [4.78, 5) is 23.9. The van der Waals surface area contributed by atoms with Crippen LogP contribution < -0.4 is 5.32 Å². The molecular weight excluding hydrogens is 278 g/mol. The number of amides is 1. The van der Waals surface area contributed by atoms with Gasteiger partial charge in [-0.2, -0.15) is 0 Å². The van der Waals surface area contributed by atoms with Gasteiger partial charge in [-0.25, -0.2) is 4.79 Å². The summed E-state index contributed by atoms with van der Waals surface area (Å²) in [6, 6.07) is 18.9. The van der Waals surface area contributed by atoms with Gasteiger partial charge in [-0.05, 0) is 11.1 Å². The third-order valence-corrected chi connectivity index (χ3v) is 3.44. The summed E-state index contributed by atoms with van der Waals surface area (Å²) in [6.07, 6.45) is 0.487. The molecule has 110 valence electrons. The van der Waals surface area contributed by atoms with Gasteiger partial charge in [0.25, 0.3) is 5.91 Å². The molecule has 0 saturated carbocycles. The van der Waals surface area contributed by atoms with Gasteiger partial charge >= 0.3 is 5.97 Å². The average Bonchev–Trinajstić information content (AvgIpc) is 2.96. The van der Waals surface area contributed by atoms with Crippen molar-refractivity contribution >= 4 is 17.4 Å². The minimum absolute atomic E-state index is 0.315. The van der Waals surface area contributed by atoms with Crippen molar-refractivity contribution in [1.82, 2.24) is 5.32 Å². The Hall–Kier alpha value is -2.88. The first-order valence-electron chi connectivity index (χ1n) is 7.03. The van der Waals surface area contributed by atoms with Crippen LogP contribution in [0, 0.1) is 0 Å². The quantitative estimate of drug-likeness (QED) is 0.880. The molecule has 0 aromatic heterocycles. The van der Waals surface area contributed by atoms with Gasteiger partial charge in [0.05, 0.1) is 0 Å². The number of rotatable bonds is 4. The maximum absolute atomic E-state index is 12.3. The fourth-order valence-corrected chi connectivity index (χ4v) is 2.35. The summed E-state index contributed by atoms with van der Waals surface area (Å²) in [5.74, 6) is -0.802. The number of carbonyl (C=O) groups excluding carboxylic acids is 2. The summed E-state index contributed by atoms with van der Waals surface area (Å²) in [5.41, 5.74) is 2.40. The minimum atomic E-state index is -0.890. The number of ether oxygens (including phenoxy) is 1. The third-order valence-electron chi connectivity index (χ3n) is 3.44. The van der Waals surface area contributed by atoms with Crippen molar-refractivity contribution in [3.8, 4) is 0 Å². The Kier molecular flexibility index (Phi) is 4.01. The number of esters is 1. The molecular formula is C18H15NO3. The van der Waals surface area contributed by atoms with Crippen LogP contribution in [0.2, 0.25) is 0 Å². The van der Waals surface area contributed by atoms with E-state index in [9.17, 15) is 9.59 Å². The molecule has 22 heavy (non-hydrogen) atoms. The highest BCUT2D eigenvalue weighted by molar-refractivity contribution is 6.06. The molecule has 0 bridgehead atoms. The lowest BCUT2D eigenvalue weighted by atomic mass is 10.0. The maximum atomic E-state index is 12.3. The van der Waals surface area contributed by atoms with Crippen molar-refractivity contribution in [3.63, 3.8) is 0 Å². The molecule has 1 unspecified atom stereocenters. The summed E-state index contributed by atoms with van der Waals surface area (Å²) in [6.45, 7) is 0.399. The zero-order valence-corrected chi connectivity index (χ0v) is 11.9. The second-order valence-corrected chi connectivity index (χ2v) is 4.99. The Morgan fingerprint density at radius 2 is 1.64 bits per heavy atom. The van der Waals surface area contributed by atoms with E-state index in [2.05, 4.69) is 5.32 Å². The molecule has 1 atom stereocenters. The van der Waals surface area contributed by atoms with Crippen molar-refractivity contribution < 1.29 is 14.3 Å². The third kappa shape index (κ3) is 3.06. The Morgan fingerprint density at radius 1 is 1.00 bits per heavy atom. The van der Waals surface area contributed by atoms with Crippen LogP contribution in [0.5, 0.6) is 0 Å². The lowest BCUT2D eigenvalue weighted by Gasteiger charge is -2.14. The van der Waals surface area contributed by atoms with Gasteiger partial charge in [0, 0.05) is 18.2 Å². The molecule has 0 fully saturated rings. The summed E-state index contributed by atoms with van der Waals surface area (Å²) in [7, 11) is 0. The van der Waals surface area contributed by atoms with Gasteiger partial charge in [0.1, 0.15) is 0 Å². The molecule has 4 nitrogen and oxygen atoms in total. The van der Waals surface area contributed by atoms with Crippen LogP contribution in [-0.4, -0.2) is 18.0 Å². The highest BCUT2D eigenvalue weighted by Crippen LogP contribution is 2.26. The lowest BCUT2D eigenvalue weighted by Crippen LogP contribution is -2.35. The first-order valence-corrected chi connectivity index (χ1v) is 7.03. The van der Waals surface area contributed by atoms with E-state index in [0.29, 0.717) is 12.1 Å². The topological polar surface area (TPSA) is 55.4 Å². The van der Waals surface area contributed by atoms with Crippen LogP contribution >= 0.6 is 0 Å². The van der Waals surface area contributed by atoms with Crippen LogP contribution in [0.3, 0.4) is 0 Å². The number of hydrogen-bond donors (Lipinski definition) is 1. The smallest absolute Gasteiger partial charge is 0.332 e. The first-order chi connectivity index (χ1) is 10.7. The number of hydrogen-bond acceptors (Lipinski definition) is 3. The van der Waals surface area contributed by atoms with Gasteiger partial charge in [-0.3, -0.25) is 4.79 Å². The standard InChI is InChI=1S/C18H15NO3/c20-16-11-15(14-9-5-2-6-10-14)17(22-16)18(21)19-12-13-7-3-1-4-8-13/h1-11,17H,12H2,(H,19,21). The highest BCUT2D eigenvalue weighted by Gasteiger charge is 2.33. The van der Waals surface area contributed by atoms with Crippen LogP contribution in [-0.2, 0) is 20.9 Å². The van der Waals surface area contributed by atoms with E-state index < -0.39 is 12.1 Å². The number of nitrogens with one attached hydrogen (secondary N) is 1. The Balaban J connectivity index is 1.72. The Morgan fingerprint density at radius 3 is 2.32 bits per heavy atom. The van der Waals surface area contributed by atoms with E-state index in [1.807, 2.05) is 60.7 Å². The summed E-state index contributed by atoms with van der Waals surface area (Å²) >= 11 is 0. The predicted octanol–water partition coefficient (Wildman–Crippen LogP) is 2.31. The maximum Gasteiger partial charge on any atom is 0.332 e. The van der Waals surface area contributed by atoms with E-state index in [0.717, 1.165) is 11.1 Å². The van der Waals surface area contributed by atoms with Crippen molar-refractivity contribution in [1.29, 1.82) is 0 Å². The Labute approximate surface area is 128 Å². The van der Waals surface area contributed by atoms with Crippen LogP contribution in [0.15, 0.2) is 66.7 Å². The molecule has 1 heterocycles. The zero-order chi connectivity index (χ0) is 15.4. The van der Waals surface area contributed by atoms with E-state index in [1.165, 1.54) is 6.08 Å². The van der Waals surface area contributed by atoms with E-state index in [-0.39, 0.29) is 5.91 Å². The van der Waals surface area contributed by atoms with Crippen LogP contribution in [0.1, 0.15) is 11.1 Å². The van der Waals surface area contributed by atoms with Gasteiger partial charge < -0.3 is 10.1 Å². The molecule has 1 aliphatic rings. The zero-order valence-electron chi connectivity index (χ0n) is 11.9. The van der Waals surface area contributed by atoms with Crippen molar-refractivity contribution in [2.75, 3.05) is 0 Å². The molecule has 1 N–H and O–H groups in total. The Bertz CT molecular complexity index is 708. The SMILES string of the molecule is O=C1C=C(c2ccccc2)C(C(=O)NCc2ccccc2)O1. The molecule has 0 spiro atoms. The normalized spacial score (nSPS) is 16.8. The number of carbonyl (C=O) groups is 2. The second kappa shape index (κ2) is 6.26. The monoisotopic (exact) mass is 293 g/mol. The van der Waals surface area contributed by atoms with Crippen LogP contribution in [0.4, 0.5) is 0 Å². The fourth-order valence-electron chi connectivity index (χ4n) is 2.35. The van der Waals surface area contributed by atoms with Crippen LogP contribution in [0.25, 0.3) is 5.57 Å². The molecule has 4 heteroatoms. The molecule has 0 saturated heterocycles. The fraction of sp³-hybridized carbons (Fsp3) is 0.111. The second-order valence-electron chi connectivity index (χ2n) is 4.99. The summed E-state index contributed by atoms with van der Waals surface area (Å²) in [5, 5.41) is 2.80. The van der Waals surface area contributed by atoms with E-state index in [1.54, 1.807) is 0 Å². The van der Waals surface area contributed by atoms with Gasteiger partial charge in [-0.15, -0.1) is 0 Å². The largest absolute Gasteiger partial charge is 0.444 e. The molecule has 3 rings (SSSR count). The molecule has 0 radical (unpaired) electrons. The minimum Gasteiger partial charge on any atom is -0.444 e. The van der Waals surface area contributed by atoms with Gasteiger partial charge in [0.15, 0.2) is 0 Å². The highest BCUT2D eigenvalue weighted by atomic mass is 16.6. The van der Waals surface area contributed by atoms with E-state index >= 15 is 0 Å². The lowest BCUT2D eigenvalue weighted by molar-refractivity contribution is -0.145. The molecule has 2 aromatic carbocycles. The van der Waals surface area contributed by atoms with Gasteiger partial charge in [0.2, 0.25) is 6.10 Å². The first kappa shape index (κ1) is 14.1. The summed E-state index contributed by atoms with van der Waals surface area (Å²) < 4.78 is 5.14. The molecule has 2 aromatic rings. The number of cyclic esters (lactones) is 1. The molecule has 1 amide bonds. The van der Waals surface area contributed by atoms with Crippen molar-refractivity contribution in [3.05, 3.63) is 77.9 Å². The van der Waals surface area contributed by atoms with Gasteiger partial charge in [-0.1, -0.05) is 60.7 Å². The van der Waals surface area contributed by atoms with E-state index in [4.69, 9.17) is 4.74 Å². The van der Waals surface area contributed by atoms with Crippen molar-refractivity contribution in [2.45, 2.75) is 12.6 Å². The predicted molar refractivity (Wildman–Crippen MR) is 82.6 cm³/mol. The average molecular weight is 293 g/mol. The van der Waals surface area contributed by atoms with Crippen molar-refractivity contribution in [2.24, 2.45) is 0 Å².